The summed E-state index contributed by atoms with van der Waals surface area (Å²) in [5, 5.41) is 16.1. The molecule has 0 aliphatic rings. The number of phenols is 1. The summed E-state index contributed by atoms with van der Waals surface area (Å²) < 4.78 is 1.83. The van der Waals surface area contributed by atoms with Gasteiger partial charge in [-0.1, -0.05) is 24.3 Å². The molecule has 1 N–H and O–H groups in total. The summed E-state index contributed by atoms with van der Waals surface area (Å²) in [6, 6.07) is 11.7. The van der Waals surface area contributed by atoms with Crippen LogP contribution in [0.5, 0.6) is 5.75 Å². The van der Waals surface area contributed by atoms with Crippen molar-refractivity contribution in [2.75, 3.05) is 5.75 Å². The van der Waals surface area contributed by atoms with Gasteiger partial charge in [0.1, 0.15) is 5.75 Å². The van der Waals surface area contributed by atoms with E-state index in [0.29, 0.717) is 5.75 Å². The molecule has 0 saturated heterocycles. The molecule has 0 bridgehead atoms. The minimum absolute atomic E-state index is 0.345. The second kappa shape index (κ2) is 5.59. The maximum absolute atomic E-state index is 9.88. The fourth-order valence-corrected chi connectivity index (χ4v) is 3.32. The molecule has 0 aliphatic heterocycles. The van der Waals surface area contributed by atoms with Crippen molar-refractivity contribution in [3.8, 4) is 5.75 Å². The highest BCUT2D eigenvalue weighted by Gasteiger charge is 2.05. The Bertz CT molecular complexity index is 736. The van der Waals surface area contributed by atoms with Crippen LogP contribution in [0.1, 0.15) is 5.56 Å². The zero-order valence-electron chi connectivity index (χ0n) is 11.3. The largest absolute Gasteiger partial charge is 0.507 e. The number of fused-ring (bicyclic) bond motifs is 1. The van der Waals surface area contributed by atoms with Gasteiger partial charge in [0.2, 0.25) is 0 Å². The maximum Gasteiger partial charge on any atom is 0.123 e. The molecular formula is C16H16N2OS. The Labute approximate surface area is 122 Å². The number of rotatable bonds is 4. The number of aromatic nitrogens is 2. The number of hydrogen-bond acceptors (Lipinski definition) is 3. The van der Waals surface area contributed by atoms with Crippen molar-refractivity contribution in [1.82, 2.24) is 9.78 Å². The monoisotopic (exact) mass is 284 g/mol. The first-order valence-electron chi connectivity index (χ1n) is 6.55. The molecule has 0 fully saturated rings. The Morgan fingerprint density at radius 3 is 2.70 bits per heavy atom. The predicted octanol–water partition coefficient (Wildman–Crippen LogP) is 3.61. The van der Waals surface area contributed by atoms with Crippen LogP contribution in [-0.2, 0) is 13.5 Å². The van der Waals surface area contributed by atoms with Crippen LogP contribution in [0.4, 0.5) is 0 Å². The van der Waals surface area contributed by atoms with Crippen LogP contribution >= 0.6 is 11.8 Å². The molecule has 0 amide bonds. The van der Waals surface area contributed by atoms with Crippen LogP contribution in [-0.4, -0.2) is 20.6 Å². The summed E-state index contributed by atoms with van der Waals surface area (Å²) in [7, 11) is 1.93. The summed E-state index contributed by atoms with van der Waals surface area (Å²) in [6.45, 7) is 0. The van der Waals surface area contributed by atoms with E-state index in [4.69, 9.17) is 0 Å². The molecule has 2 aromatic carbocycles. The zero-order valence-corrected chi connectivity index (χ0v) is 12.1. The van der Waals surface area contributed by atoms with E-state index >= 15 is 0 Å². The van der Waals surface area contributed by atoms with Gasteiger partial charge in [-0.2, -0.15) is 5.10 Å². The third-order valence-corrected chi connectivity index (χ3v) is 4.34. The Hall–Kier alpha value is -1.94. The standard InChI is InChI=1S/C16H16N2OS/c1-18-11-12(10-17-18)8-9-20-16-7-6-15(19)13-4-2-3-5-14(13)16/h2-7,10-11,19H,8-9H2,1H3. The second-order valence-corrected chi connectivity index (χ2v) is 5.89. The normalized spacial score (nSPS) is 11.1. The lowest BCUT2D eigenvalue weighted by Crippen LogP contribution is -1.88. The van der Waals surface area contributed by atoms with Gasteiger partial charge in [-0.05, 0) is 29.5 Å². The van der Waals surface area contributed by atoms with Crippen LogP contribution in [0, 0.1) is 0 Å². The summed E-state index contributed by atoms with van der Waals surface area (Å²) >= 11 is 1.81. The van der Waals surface area contributed by atoms with Gasteiger partial charge in [0.25, 0.3) is 0 Å². The van der Waals surface area contributed by atoms with Gasteiger partial charge in [-0.3, -0.25) is 4.68 Å². The number of aryl methyl sites for hydroxylation is 2. The summed E-state index contributed by atoms with van der Waals surface area (Å²) in [6.07, 6.45) is 4.96. The number of phenolic OH excluding ortho intramolecular Hbond substituents is 1. The van der Waals surface area contributed by atoms with Gasteiger partial charge in [-0.15, -0.1) is 11.8 Å². The van der Waals surface area contributed by atoms with E-state index in [9.17, 15) is 5.11 Å². The maximum atomic E-state index is 9.88. The van der Waals surface area contributed by atoms with Crippen LogP contribution in [0.25, 0.3) is 10.8 Å². The lowest BCUT2D eigenvalue weighted by Gasteiger charge is -2.07. The number of nitrogens with zero attached hydrogens (tertiary/aromatic N) is 2. The minimum atomic E-state index is 0.345. The van der Waals surface area contributed by atoms with E-state index in [2.05, 4.69) is 17.4 Å². The van der Waals surface area contributed by atoms with Gasteiger partial charge in [0.05, 0.1) is 6.20 Å². The molecule has 4 heteroatoms. The third kappa shape index (κ3) is 2.65. The number of hydrogen-bond donors (Lipinski definition) is 1. The Morgan fingerprint density at radius 1 is 1.15 bits per heavy atom. The topological polar surface area (TPSA) is 38.0 Å². The molecule has 0 unspecified atom stereocenters. The van der Waals surface area contributed by atoms with Crippen molar-refractivity contribution in [3.63, 3.8) is 0 Å². The first kappa shape index (κ1) is 13.1. The molecular weight excluding hydrogens is 268 g/mol. The first-order valence-corrected chi connectivity index (χ1v) is 7.53. The lowest BCUT2D eigenvalue weighted by molar-refractivity contribution is 0.481. The van der Waals surface area contributed by atoms with Crippen molar-refractivity contribution in [2.24, 2.45) is 7.05 Å². The second-order valence-electron chi connectivity index (χ2n) is 4.75. The van der Waals surface area contributed by atoms with Crippen molar-refractivity contribution < 1.29 is 5.11 Å². The fraction of sp³-hybridized carbons (Fsp3) is 0.188. The van der Waals surface area contributed by atoms with Crippen LogP contribution < -0.4 is 0 Å². The number of aromatic hydroxyl groups is 1. The fourth-order valence-electron chi connectivity index (χ4n) is 2.26. The molecule has 1 aromatic heterocycles. The van der Waals surface area contributed by atoms with Gasteiger partial charge in [0, 0.05) is 29.3 Å². The summed E-state index contributed by atoms with van der Waals surface area (Å²) in [5.41, 5.74) is 1.25. The molecule has 0 atom stereocenters. The zero-order chi connectivity index (χ0) is 13.9. The Morgan fingerprint density at radius 2 is 1.95 bits per heavy atom. The smallest absolute Gasteiger partial charge is 0.123 e. The highest BCUT2D eigenvalue weighted by Crippen LogP contribution is 2.33. The molecule has 1 heterocycles. The molecule has 3 rings (SSSR count). The molecule has 102 valence electrons. The molecule has 3 aromatic rings. The summed E-state index contributed by atoms with van der Waals surface area (Å²) in [4.78, 5) is 1.21. The average molecular weight is 284 g/mol. The van der Waals surface area contributed by atoms with Crippen molar-refractivity contribution in [2.45, 2.75) is 11.3 Å². The molecule has 20 heavy (non-hydrogen) atoms. The number of benzene rings is 2. The van der Waals surface area contributed by atoms with E-state index in [1.807, 2.05) is 54.0 Å². The van der Waals surface area contributed by atoms with Crippen LogP contribution in [0.3, 0.4) is 0 Å². The van der Waals surface area contributed by atoms with Crippen LogP contribution in [0.2, 0.25) is 0 Å². The first-order chi connectivity index (χ1) is 9.74. The van der Waals surface area contributed by atoms with Gasteiger partial charge >= 0.3 is 0 Å². The lowest BCUT2D eigenvalue weighted by atomic mass is 10.1. The minimum Gasteiger partial charge on any atom is -0.507 e. The van der Waals surface area contributed by atoms with E-state index < -0.39 is 0 Å². The van der Waals surface area contributed by atoms with Gasteiger partial charge in [0.15, 0.2) is 0 Å². The Balaban J connectivity index is 1.76. The molecule has 0 saturated carbocycles. The van der Waals surface area contributed by atoms with E-state index in [0.717, 1.165) is 22.9 Å². The third-order valence-electron chi connectivity index (χ3n) is 3.27. The summed E-state index contributed by atoms with van der Waals surface area (Å²) in [5.74, 6) is 1.35. The predicted molar refractivity (Wildman–Crippen MR) is 83.2 cm³/mol. The molecule has 0 spiro atoms. The highest BCUT2D eigenvalue weighted by molar-refractivity contribution is 7.99. The van der Waals surface area contributed by atoms with Crippen molar-refractivity contribution >= 4 is 22.5 Å². The molecule has 0 radical (unpaired) electrons. The van der Waals surface area contributed by atoms with E-state index in [-0.39, 0.29) is 0 Å². The SMILES string of the molecule is Cn1cc(CCSc2ccc(O)c3ccccc23)cn1. The van der Waals surface area contributed by atoms with E-state index in [1.165, 1.54) is 10.5 Å². The Kier molecular flexibility index (Phi) is 3.65. The van der Waals surface area contributed by atoms with Gasteiger partial charge < -0.3 is 5.11 Å². The van der Waals surface area contributed by atoms with Crippen molar-refractivity contribution in [1.29, 1.82) is 0 Å². The highest BCUT2D eigenvalue weighted by atomic mass is 32.2. The van der Waals surface area contributed by atoms with Crippen LogP contribution in [0.15, 0.2) is 53.7 Å². The van der Waals surface area contributed by atoms with Crippen molar-refractivity contribution in [3.05, 3.63) is 54.4 Å². The van der Waals surface area contributed by atoms with Gasteiger partial charge in [-0.25, -0.2) is 0 Å². The molecule has 0 aliphatic carbocycles. The average Bonchev–Trinajstić information content (AvgIpc) is 2.87. The number of thioether (sulfide) groups is 1. The molecule has 3 nitrogen and oxygen atoms in total. The van der Waals surface area contributed by atoms with E-state index in [1.54, 1.807) is 6.07 Å². The quantitative estimate of drug-likeness (QED) is 0.744.